The SMILES string of the molecule is CCCCCCCCC/C=C\CCCCCCCC(=O)OC(COC(=O)CCCCCCCCCCCCCCCCCCCCCCCC)COP(=O)(O)OC1C(O)C(O)C(O)C(O)C1O. The third kappa shape index (κ3) is 35.4. The number of ether oxygens (including phenoxy) is 2. The summed E-state index contributed by atoms with van der Waals surface area (Å²) in [5, 5.41) is 50.3. The van der Waals surface area contributed by atoms with E-state index in [2.05, 4.69) is 26.0 Å². The Morgan fingerprint density at radius 2 is 0.761 bits per heavy atom. The van der Waals surface area contributed by atoms with Crippen LogP contribution in [0.1, 0.15) is 258 Å². The van der Waals surface area contributed by atoms with Crippen molar-refractivity contribution in [1.82, 2.24) is 0 Å². The number of carbonyl (C=O) groups excluding carboxylic acids is 2. The second-order valence-electron chi connectivity index (χ2n) is 19.4. The highest BCUT2D eigenvalue weighted by molar-refractivity contribution is 7.47. The molecule has 1 rings (SSSR count). The van der Waals surface area contributed by atoms with E-state index < -0.39 is 75.7 Å². The fourth-order valence-electron chi connectivity index (χ4n) is 8.70. The van der Waals surface area contributed by atoms with Crippen molar-refractivity contribution in [3.63, 3.8) is 0 Å². The average Bonchev–Trinajstić information content (AvgIpc) is 3.31. The van der Waals surface area contributed by atoms with E-state index in [0.717, 1.165) is 57.8 Å². The molecule has 0 aromatic rings. The highest BCUT2D eigenvalue weighted by Gasteiger charge is 2.51. The van der Waals surface area contributed by atoms with Gasteiger partial charge in [-0.2, -0.15) is 0 Å². The Hall–Kier alpha value is -1.41. The Bertz CT molecular complexity index is 1220. The first-order valence-corrected chi connectivity index (χ1v) is 29.0. The molecule has 1 aliphatic carbocycles. The first-order valence-electron chi connectivity index (χ1n) is 27.5. The second kappa shape index (κ2) is 43.4. The maximum absolute atomic E-state index is 12.9. The van der Waals surface area contributed by atoms with Crippen LogP contribution < -0.4 is 0 Å². The smallest absolute Gasteiger partial charge is 0.462 e. The van der Waals surface area contributed by atoms with Crippen LogP contribution in [0.2, 0.25) is 0 Å². The van der Waals surface area contributed by atoms with Gasteiger partial charge in [0.1, 0.15) is 43.2 Å². The lowest BCUT2D eigenvalue weighted by Crippen LogP contribution is -2.64. The third-order valence-corrected chi connectivity index (χ3v) is 14.1. The lowest BCUT2D eigenvalue weighted by atomic mass is 9.85. The van der Waals surface area contributed by atoms with E-state index in [1.807, 2.05) is 0 Å². The highest BCUT2D eigenvalue weighted by atomic mass is 31.2. The number of phosphoric ester groups is 1. The van der Waals surface area contributed by atoms with Gasteiger partial charge in [0.2, 0.25) is 0 Å². The van der Waals surface area contributed by atoms with Gasteiger partial charge in [0.15, 0.2) is 6.10 Å². The van der Waals surface area contributed by atoms with Gasteiger partial charge in [-0.3, -0.25) is 18.6 Å². The van der Waals surface area contributed by atoms with E-state index in [1.165, 1.54) is 161 Å². The second-order valence-corrected chi connectivity index (χ2v) is 20.9. The average molecular weight is 977 g/mol. The minimum Gasteiger partial charge on any atom is -0.462 e. The molecule has 6 unspecified atom stereocenters. The summed E-state index contributed by atoms with van der Waals surface area (Å²) in [6, 6.07) is 0. The zero-order chi connectivity index (χ0) is 49.2. The molecule has 1 fully saturated rings. The first-order chi connectivity index (χ1) is 32.4. The number of phosphoric acid groups is 1. The van der Waals surface area contributed by atoms with Crippen LogP contribution in [0.3, 0.4) is 0 Å². The number of carbonyl (C=O) groups is 2. The number of unbranched alkanes of at least 4 members (excludes halogenated alkanes) is 33. The Morgan fingerprint density at radius 3 is 1.13 bits per heavy atom. The molecule has 396 valence electrons. The molecular formula is C53H101O13P. The summed E-state index contributed by atoms with van der Waals surface area (Å²) < 4.78 is 33.7. The van der Waals surface area contributed by atoms with Crippen LogP contribution in [-0.2, 0) is 32.7 Å². The van der Waals surface area contributed by atoms with Gasteiger partial charge in [-0.25, -0.2) is 4.57 Å². The van der Waals surface area contributed by atoms with Crippen molar-refractivity contribution in [2.75, 3.05) is 13.2 Å². The summed E-state index contributed by atoms with van der Waals surface area (Å²) in [6.45, 7) is 3.34. The largest absolute Gasteiger partial charge is 0.472 e. The van der Waals surface area contributed by atoms with Gasteiger partial charge in [-0.1, -0.05) is 219 Å². The number of esters is 2. The highest BCUT2D eigenvalue weighted by Crippen LogP contribution is 2.47. The number of allylic oxidation sites excluding steroid dienone is 2. The van der Waals surface area contributed by atoms with Gasteiger partial charge in [-0.05, 0) is 38.5 Å². The van der Waals surface area contributed by atoms with Crippen molar-refractivity contribution in [3.8, 4) is 0 Å². The van der Waals surface area contributed by atoms with Crippen molar-refractivity contribution in [1.29, 1.82) is 0 Å². The van der Waals surface area contributed by atoms with Gasteiger partial charge in [0, 0.05) is 12.8 Å². The minimum absolute atomic E-state index is 0.0914. The van der Waals surface area contributed by atoms with Gasteiger partial charge in [0.05, 0.1) is 6.61 Å². The molecule has 1 saturated carbocycles. The summed E-state index contributed by atoms with van der Waals surface area (Å²) in [5.41, 5.74) is 0. The summed E-state index contributed by atoms with van der Waals surface area (Å²) in [5.74, 6) is -1.09. The van der Waals surface area contributed by atoms with Crippen LogP contribution in [0.15, 0.2) is 12.2 Å². The summed E-state index contributed by atoms with van der Waals surface area (Å²) >= 11 is 0. The number of hydrogen-bond donors (Lipinski definition) is 6. The Morgan fingerprint density at radius 1 is 0.448 bits per heavy atom. The summed E-state index contributed by atoms with van der Waals surface area (Å²) in [7, 11) is -5.12. The number of aliphatic hydroxyl groups is 5. The molecule has 6 N–H and O–H groups in total. The zero-order valence-corrected chi connectivity index (χ0v) is 43.4. The van der Waals surface area contributed by atoms with E-state index in [1.54, 1.807) is 0 Å². The van der Waals surface area contributed by atoms with Crippen LogP contribution in [-0.4, -0.2) is 98.3 Å². The van der Waals surface area contributed by atoms with Gasteiger partial charge in [0.25, 0.3) is 0 Å². The molecule has 0 spiro atoms. The molecule has 0 aromatic heterocycles. The van der Waals surface area contributed by atoms with Crippen molar-refractivity contribution in [3.05, 3.63) is 12.2 Å². The lowest BCUT2D eigenvalue weighted by Gasteiger charge is -2.41. The molecule has 0 amide bonds. The molecule has 13 nitrogen and oxygen atoms in total. The molecule has 0 bridgehead atoms. The van der Waals surface area contributed by atoms with E-state index >= 15 is 0 Å². The number of aliphatic hydroxyl groups excluding tert-OH is 5. The lowest BCUT2D eigenvalue weighted by molar-refractivity contribution is -0.220. The summed E-state index contributed by atoms with van der Waals surface area (Å²) in [6.07, 6.45) is 35.5. The maximum Gasteiger partial charge on any atom is 0.472 e. The standard InChI is InChI=1S/C53H101O13P/c1-3-5-7-9-11-13-15-17-19-21-22-23-24-25-26-28-29-31-33-35-37-39-41-46(54)63-43-45(44-64-67(61,62)66-53-51(59)49(57)48(56)50(58)52(53)60)65-47(55)42-40-38-36-34-32-30-27-20-18-16-14-12-10-8-6-4-2/h20,27,45,48-53,56-60H,3-19,21-26,28-44H2,1-2H3,(H,61,62)/b27-20-. The molecular weight excluding hydrogens is 876 g/mol. The van der Waals surface area contributed by atoms with E-state index in [9.17, 15) is 44.6 Å². The van der Waals surface area contributed by atoms with E-state index in [4.69, 9.17) is 18.5 Å². The van der Waals surface area contributed by atoms with Crippen LogP contribution in [0.4, 0.5) is 0 Å². The quantitative estimate of drug-likeness (QED) is 0.0145. The fraction of sp³-hybridized carbons (Fsp3) is 0.925. The van der Waals surface area contributed by atoms with Crippen molar-refractivity contribution >= 4 is 19.8 Å². The predicted octanol–water partition coefficient (Wildman–Crippen LogP) is 12.2. The molecule has 0 aliphatic heterocycles. The van der Waals surface area contributed by atoms with Crippen LogP contribution >= 0.6 is 7.82 Å². The van der Waals surface area contributed by atoms with E-state index in [-0.39, 0.29) is 12.8 Å². The van der Waals surface area contributed by atoms with E-state index in [0.29, 0.717) is 12.8 Å². The molecule has 6 atom stereocenters. The molecule has 0 saturated heterocycles. The molecule has 14 heteroatoms. The minimum atomic E-state index is -5.12. The zero-order valence-electron chi connectivity index (χ0n) is 42.5. The van der Waals surface area contributed by atoms with Crippen LogP contribution in [0.5, 0.6) is 0 Å². The molecule has 0 heterocycles. The molecule has 67 heavy (non-hydrogen) atoms. The topological polar surface area (TPSA) is 210 Å². The first kappa shape index (κ1) is 63.6. The van der Waals surface area contributed by atoms with Crippen molar-refractivity contribution < 1.29 is 63.1 Å². The van der Waals surface area contributed by atoms with Gasteiger partial charge < -0.3 is 39.9 Å². The normalized spacial score (nSPS) is 21.1. The molecule has 0 aromatic carbocycles. The molecule has 0 radical (unpaired) electrons. The Balaban J connectivity index is 2.34. The maximum atomic E-state index is 12.9. The van der Waals surface area contributed by atoms with Gasteiger partial charge >= 0.3 is 19.8 Å². The van der Waals surface area contributed by atoms with Crippen molar-refractivity contribution in [2.45, 2.75) is 301 Å². The van der Waals surface area contributed by atoms with Crippen LogP contribution in [0, 0.1) is 0 Å². The Labute approximate surface area is 407 Å². The number of rotatable bonds is 47. The Kier molecular flexibility index (Phi) is 41.2. The van der Waals surface area contributed by atoms with Crippen LogP contribution in [0.25, 0.3) is 0 Å². The van der Waals surface area contributed by atoms with Gasteiger partial charge in [-0.15, -0.1) is 0 Å². The predicted molar refractivity (Wildman–Crippen MR) is 267 cm³/mol. The monoisotopic (exact) mass is 977 g/mol. The van der Waals surface area contributed by atoms with Crippen molar-refractivity contribution in [2.24, 2.45) is 0 Å². The summed E-state index contributed by atoms with van der Waals surface area (Å²) in [4.78, 5) is 35.9. The molecule has 1 aliphatic rings. The third-order valence-electron chi connectivity index (χ3n) is 13.1. The number of hydrogen-bond acceptors (Lipinski definition) is 12. The fourth-order valence-corrected chi connectivity index (χ4v) is 9.67.